The van der Waals surface area contributed by atoms with Gasteiger partial charge in [0.1, 0.15) is 11.2 Å². The van der Waals surface area contributed by atoms with E-state index in [1.165, 1.54) is 0 Å². The minimum Gasteiger partial charge on any atom is -0.469 e. The van der Waals surface area contributed by atoms with E-state index in [1.54, 1.807) is 48.3 Å². The molecule has 0 bridgehead atoms. The highest BCUT2D eigenvalue weighted by Crippen LogP contribution is 2.36. The molecule has 5 rings (SSSR count). The van der Waals surface area contributed by atoms with Crippen LogP contribution in [-0.2, 0) is 16.5 Å². The zero-order valence-corrected chi connectivity index (χ0v) is 24.0. The smallest absolute Gasteiger partial charge is 0.323 e. The fourth-order valence-corrected chi connectivity index (χ4v) is 4.91. The summed E-state index contributed by atoms with van der Waals surface area (Å²) in [4.78, 5) is 39.9. The molecule has 4 heterocycles. The number of carbonyl (C=O) groups is 2. The van der Waals surface area contributed by atoms with Crippen molar-refractivity contribution in [3.8, 4) is 17.1 Å². The van der Waals surface area contributed by atoms with E-state index in [9.17, 15) is 9.59 Å². The van der Waals surface area contributed by atoms with Crippen molar-refractivity contribution < 1.29 is 23.8 Å². The molecule has 13 heteroatoms. The van der Waals surface area contributed by atoms with E-state index in [0.717, 1.165) is 0 Å². The second-order valence-electron chi connectivity index (χ2n) is 10.8. The highest BCUT2D eigenvalue weighted by molar-refractivity contribution is 6.03. The molecule has 2 aromatic heterocycles. The number of benzene rings is 1. The quantitative estimate of drug-likeness (QED) is 0.444. The Bertz CT molecular complexity index is 1410. The minimum absolute atomic E-state index is 0.0484. The van der Waals surface area contributed by atoms with Crippen molar-refractivity contribution in [1.29, 1.82) is 0 Å². The highest BCUT2D eigenvalue weighted by Gasteiger charge is 2.38. The van der Waals surface area contributed by atoms with E-state index in [1.807, 2.05) is 32.9 Å². The van der Waals surface area contributed by atoms with Crippen LogP contribution in [-0.4, -0.2) is 94.8 Å². The van der Waals surface area contributed by atoms with Gasteiger partial charge < -0.3 is 34.6 Å². The lowest BCUT2D eigenvalue weighted by Crippen LogP contribution is -2.44. The fourth-order valence-electron chi connectivity index (χ4n) is 4.91. The van der Waals surface area contributed by atoms with Crippen LogP contribution in [0.25, 0.3) is 11.3 Å². The predicted octanol–water partition coefficient (Wildman–Crippen LogP) is 3.01. The molecule has 0 radical (unpaired) electrons. The van der Waals surface area contributed by atoms with E-state index in [0.29, 0.717) is 73.6 Å². The number of amides is 3. The van der Waals surface area contributed by atoms with Crippen molar-refractivity contribution in [3.63, 3.8) is 0 Å². The topological polar surface area (TPSA) is 136 Å². The van der Waals surface area contributed by atoms with Crippen LogP contribution in [0.1, 0.15) is 31.1 Å². The van der Waals surface area contributed by atoms with Gasteiger partial charge in [-0.3, -0.25) is 9.48 Å². The number of ether oxygens (including phenoxy) is 3. The maximum atomic E-state index is 14.0. The lowest BCUT2D eigenvalue weighted by molar-refractivity contribution is 0.0448. The number of morpholine rings is 1. The Morgan fingerprint density at radius 3 is 2.61 bits per heavy atom. The summed E-state index contributed by atoms with van der Waals surface area (Å²) in [6.45, 7) is 8.79. The van der Waals surface area contributed by atoms with Gasteiger partial charge in [-0.15, -0.1) is 0 Å². The van der Waals surface area contributed by atoms with E-state index in [-0.39, 0.29) is 17.8 Å². The van der Waals surface area contributed by atoms with Crippen molar-refractivity contribution in [2.75, 3.05) is 62.1 Å². The largest absolute Gasteiger partial charge is 0.469 e. The number of anilines is 3. The number of hydrogen-bond donors (Lipinski definition) is 2. The fraction of sp³-hybridized carbons (Fsp3) is 0.464. The lowest BCUT2D eigenvalue weighted by Gasteiger charge is -2.34. The van der Waals surface area contributed by atoms with Gasteiger partial charge in [-0.05, 0) is 32.9 Å². The van der Waals surface area contributed by atoms with Gasteiger partial charge in [-0.2, -0.15) is 10.1 Å². The average Bonchev–Trinajstić information content (AvgIpc) is 3.30. The molecular formula is C28H36N8O5. The van der Waals surface area contributed by atoms with Crippen LogP contribution in [0.15, 0.2) is 36.7 Å². The molecule has 1 fully saturated rings. The van der Waals surface area contributed by atoms with Gasteiger partial charge in [0, 0.05) is 44.7 Å². The summed E-state index contributed by atoms with van der Waals surface area (Å²) < 4.78 is 18.9. The van der Waals surface area contributed by atoms with Gasteiger partial charge in [0.2, 0.25) is 11.8 Å². The lowest BCUT2D eigenvalue weighted by atomic mass is 10.0. The van der Waals surface area contributed by atoms with Crippen LogP contribution in [0.4, 0.5) is 22.1 Å². The van der Waals surface area contributed by atoms with Crippen molar-refractivity contribution in [3.05, 3.63) is 42.2 Å². The second-order valence-corrected chi connectivity index (χ2v) is 10.8. The highest BCUT2D eigenvalue weighted by atomic mass is 16.5. The summed E-state index contributed by atoms with van der Waals surface area (Å²) in [5.74, 6) is 0.496. The molecule has 3 aromatic rings. The number of methoxy groups -OCH3 is 1. The summed E-state index contributed by atoms with van der Waals surface area (Å²) in [6.07, 6.45) is 3.26. The first-order valence-electron chi connectivity index (χ1n) is 13.5. The van der Waals surface area contributed by atoms with Crippen molar-refractivity contribution in [1.82, 2.24) is 24.6 Å². The summed E-state index contributed by atoms with van der Waals surface area (Å²) in [5.41, 5.74) is 1.90. The molecule has 0 aliphatic carbocycles. The first-order valence-corrected chi connectivity index (χ1v) is 13.5. The number of fused-ring (bicyclic) bond motifs is 1. The van der Waals surface area contributed by atoms with E-state index >= 15 is 0 Å². The Balaban J connectivity index is 1.51. The standard InChI is InChI=1S/C28H36N8O5/c1-18-16-40-13-11-36(18)26-32-23(22-24(33-26)41-28(2,3)17-35(25(22)37)10-12-39-5)19-6-8-20(9-7-19)30-27(38)31-21-14-29-34(4)15-21/h6-9,14-15,18H,10-13,16-17H2,1-5H3,(H2,30,31,38). The third kappa shape index (κ3) is 6.41. The number of nitrogens with zero attached hydrogens (tertiary/aromatic N) is 6. The SMILES string of the molecule is COCCN1CC(C)(C)Oc2nc(N3CCOCC3C)nc(-c3ccc(NC(=O)Nc4cnn(C)c4)cc3)c2C1=O. The van der Waals surface area contributed by atoms with Crippen LogP contribution < -0.4 is 20.3 Å². The molecule has 218 valence electrons. The second kappa shape index (κ2) is 11.7. The summed E-state index contributed by atoms with van der Waals surface area (Å²) >= 11 is 0. The number of aromatic nitrogens is 4. The van der Waals surface area contributed by atoms with Crippen LogP contribution >= 0.6 is 0 Å². The van der Waals surface area contributed by atoms with Crippen LogP contribution in [0.2, 0.25) is 0 Å². The zero-order valence-electron chi connectivity index (χ0n) is 24.0. The third-order valence-electron chi connectivity index (χ3n) is 6.88. The van der Waals surface area contributed by atoms with Gasteiger partial charge in [-0.1, -0.05) is 12.1 Å². The van der Waals surface area contributed by atoms with Gasteiger partial charge in [0.05, 0.1) is 50.0 Å². The minimum atomic E-state index is -0.691. The molecule has 1 unspecified atom stereocenters. The molecule has 1 atom stereocenters. The van der Waals surface area contributed by atoms with Crippen LogP contribution in [0.3, 0.4) is 0 Å². The molecule has 13 nitrogen and oxygen atoms in total. The summed E-state index contributed by atoms with van der Waals surface area (Å²) in [6, 6.07) is 6.81. The molecule has 0 saturated carbocycles. The summed E-state index contributed by atoms with van der Waals surface area (Å²) in [5, 5.41) is 9.60. The molecule has 3 amide bonds. The predicted molar refractivity (Wildman–Crippen MR) is 153 cm³/mol. The Labute approximate surface area is 238 Å². The third-order valence-corrected chi connectivity index (χ3v) is 6.88. The first kappa shape index (κ1) is 28.3. The molecule has 2 aliphatic rings. The maximum absolute atomic E-state index is 14.0. The Morgan fingerprint density at radius 1 is 1.17 bits per heavy atom. The van der Waals surface area contributed by atoms with Gasteiger partial charge in [0.15, 0.2) is 0 Å². The van der Waals surface area contributed by atoms with Gasteiger partial charge >= 0.3 is 6.03 Å². The molecule has 2 N–H and O–H groups in total. The van der Waals surface area contributed by atoms with E-state index in [4.69, 9.17) is 24.2 Å². The first-order chi connectivity index (χ1) is 19.6. The monoisotopic (exact) mass is 564 g/mol. The molecule has 2 aliphatic heterocycles. The van der Waals surface area contributed by atoms with E-state index < -0.39 is 11.6 Å². The van der Waals surface area contributed by atoms with Gasteiger partial charge in [0.25, 0.3) is 5.91 Å². The number of rotatable bonds is 7. The van der Waals surface area contributed by atoms with E-state index in [2.05, 4.69) is 20.6 Å². The Hall–Kier alpha value is -4.23. The number of aryl methyl sites for hydroxylation is 1. The molecule has 41 heavy (non-hydrogen) atoms. The number of hydrogen-bond acceptors (Lipinski definition) is 9. The van der Waals surface area contributed by atoms with Crippen molar-refractivity contribution in [2.45, 2.75) is 32.4 Å². The molecule has 0 spiro atoms. The molecule has 1 aromatic carbocycles. The van der Waals surface area contributed by atoms with Crippen LogP contribution in [0, 0.1) is 0 Å². The number of nitrogens with one attached hydrogen (secondary N) is 2. The van der Waals surface area contributed by atoms with Crippen LogP contribution in [0.5, 0.6) is 5.88 Å². The average molecular weight is 565 g/mol. The number of urea groups is 1. The maximum Gasteiger partial charge on any atom is 0.323 e. The normalized spacial score (nSPS) is 18.4. The molecular weight excluding hydrogens is 528 g/mol. The van der Waals surface area contributed by atoms with Crippen molar-refractivity contribution >= 4 is 29.3 Å². The Morgan fingerprint density at radius 2 is 1.93 bits per heavy atom. The Kier molecular flexibility index (Phi) is 8.08. The van der Waals surface area contributed by atoms with Crippen molar-refractivity contribution in [2.24, 2.45) is 7.05 Å². The zero-order chi connectivity index (χ0) is 29.1. The number of carbonyl (C=O) groups excluding carboxylic acids is 2. The summed E-state index contributed by atoms with van der Waals surface area (Å²) in [7, 11) is 3.38. The van der Waals surface area contributed by atoms with Gasteiger partial charge in [-0.25, -0.2) is 9.78 Å². The molecule has 1 saturated heterocycles.